The van der Waals surface area contributed by atoms with Gasteiger partial charge in [-0.15, -0.1) is 0 Å². The quantitative estimate of drug-likeness (QED) is 0.0889. The topological polar surface area (TPSA) is 113 Å². The van der Waals surface area contributed by atoms with E-state index in [4.69, 9.17) is 4.74 Å². The van der Waals surface area contributed by atoms with Gasteiger partial charge < -0.3 is 4.74 Å². The van der Waals surface area contributed by atoms with Crippen molar-refractivity contribution >= 4 is 17.3 Å². The van der Waals surface area contributed by atoms with Gasteiger partial charge >= 0.3 is 5.97 Å². The second kappa shape index (κ2) is 17.0. The minimum Gasteiger partial charge on any atom is -0.459 e. The van der Waals surface area contributed by atoms with E-state index in [0.717, 1.165) is 37.5 Å². The molecule has 1 aromatic carbocycles. The van der Waals surface area contributed by atoms with Crippen LogP contribution in [0.5, 0.6) is 0 Å². The van der Waals surface area contributed by atoms with Gasteiger partial charge in [0.15, 0.2) is 0 Å². The number of rotatable bonds is 19. The van der Waals surface area contributed by atoms with Gasteiger partial charge in [0.25, 0.3) is 11.4 Å². The Morgan fingerprint density at radius 2 is 1.15 bits per heavy atom. The maximum Gasteiger partial charge on any atom is 0.338 e. The maximum absolute atomic E-state index is 12.3. The van der Waals surface area contributed by atoms with Gasteiger partial charge in [0, 0.05) is 12.1 Å². The monoisotopic (exact) mass is 464 g/mol. The summed E-state index contributed by atoms with van der Waals surface area (Å²) in [6, 6.07) is 2.85. The highest BCUT2D eigenvalue weighted by Crippen LogP contribution is 2.24. The lowest BCUT2D eigenvalue weighted by Crippen LogP contribution is -2.15. The molecule has 0 unspecified atom stereocenters. The zero-order valence-corrected chi connectivity index (χ0v) is 20.3. The highest BCUT2D eigenvalue weighted by molar-refractivity contribution is 5.91. The fourth-order valence-electron chi connectivity index (χ4n) is 3.86. The number of nitro benzene ring substituents is 2. The Morgan fingerprint density at radius 1 is 0.758 bits per heavy atom. The summed E-state index contributed by atoms with van der Waals surface area (Å²) in [4.78, 5) is 32.7. The standard InChI is InChI=1S/C25H40N2O6/c1-3-4-5-6-7-8-9-10-11-12-13-14-15-16-17-21(2)33-25(28)22-18-23(26(29)30)20-24(19-22)27(31)32/h18-21H,3-17H2,1-2H3/t21-/m0/s1. The zero-order valence-electron chi connectivity index (χ0n) is 20.3. The first-order valence-corrected chi connectivity index (χ1v) is 12.5. The molecule has 0 fully saturated rings. The average molecular weight is 465 g/mol. The van der Waals surface area contributed by atoms with Crippen LogP contribution in [0.25, 0.3) is 0 Å². The van der Waals surface area contributed by atoms with Crippen LogP contribution in [0.3, 0.4) is 0 Å². The van der Waals surface area contributed by atoms with Crippen molar-refractivity contribution in [3.8, 4) is 0 Å². The van der Waals surface area contributed by atoms with Crippen LogP contribution >= 0.6 is 0 Å². The third kappa shape index (κ3) is 12.9. The Labute approximate surface area is 197 Å². The first-order chi connectivity index (χ1) is 15.8. The van der Waals surface area contributed by atoms with Crippen molar-refractivity contribution in [2.45, 2.75) is 116 Å². The van der Waals surface area contributed by atoms with E-state index in [1.165, 1.54) is 70.6 Å². The fraction of sp³-hybridized carbons (Fsp3) is 0.720. The van der Waals surface area contributed by atoms with E-state index in [2.05, 4.69) is 6.92 Å². The van der Waals surface area contributed by atoms with Gasteiger partial charge in [-0.25, -0.2) is 4.79 Å². The van der Waals surface area contributed by atoms with Gasteiger partial charge in [0.1, 0.15) is 0 Å². The van der Waals surface area contributed by atoms with Crippen molar-refractivity contribution in [1.82, 2.24) is 0 Å². The number of nitrogens with zero attached hydrogens (tertiary/aromatic N) is 2. The molecule has 0 aromatic heterocycles. The molecule has 0 bridgehead atoms. The van der Waals surface area contributed by atoms with Crippen LogP contribution in [0, 0.1) is 20.2 Å². The second-order valence-corrected chi connectivity index (χ2v) is 8.85. The number of unbranched alkanes of at least 4 members (excludes halogenated alkanes) is 13. The summed E-state index contributed by atoms with van der Waals surface area (Å²) in [5.41, 5.74) is -1.18. The van der Waals surface area contributed by atoms with Crippen LogP contribution in [0.2, 0.25) is 0 Å². The summed E-state index contributed by atoms with van der Waals surface area (Å²) < 4.78 is 5.34. The van der Waals surface area contributed by atoms with E-state index in [-0.39, 0.29) is 11.7 Å². The number of carbonyl (C=O) groups excluding carboxylic acids is 1. The molecular weight excluding hydrogens is 424 g/mol. The summed E-state index contributed by atoms with van der Waals surface area (Å²) in [6.45, 7) is 4.02. The van der Waals surface area contributed by atoms with E-state index in [1.807, 2.05) is 0 Å². The summed E-state index contributed by atoms with van der Waals surface area (Å²) >= 11 is 0. The molecule has 1 rings (SSSR count). The Bertz CT molecular complexity index is 705. The van der Waals surface area contributed by atoms with E-state index >= 15 is 0 Å². The van der Waals surface area contributed by atoms with Gasteiger partial charge in [-0.3, -0.25) is 20.2 Å². The molecule has 1 aromatic rings. The molecule has 8 nitrogen and oxygen atoms in total. The Hall–Kier alpha value is -2.51. The third-order valence-corrected chi connectivity index (χ3v) is 5.83. The minimum atomic E-state index is -0.778. The van der Waals surface area contributed by atoms with Crippen LogP contribution in [0.1, 0.15) is 121 Å². The molecule has 186 valence electrons. The number of hydrogen-bond acceptors (Lipinski definition) is 6. The smallest absolute Gasteiger partial charge is 0.338 e. The minimum absolute atomic E-state index is 0.177. The lowest BCUT2D eigenvalue weighted by molar-refractivity contribution is -0.394. The molecule has 0 saturated carbocycles. The molecule has 0 radical (unpaired) electrons. The fourth-order valence-corrected chi connectivity index (χ4v) is 3.86. The molecule has 8 heteroatoms. The predicted molar refractivity (Wildman–Crippen MR) is 130 cm³/mol. The van der Waals surface area contributed by atoms with Crippen molar-refractivity contribution in [3.63, 3.8) is 0 Å². The molecule has 0 heterocycles. The van der Waals surface area contributed by atoms with Crippen molar-refractivity contribution in [1.29, 1.82) is 0 Å². The number of non-ortho nitro benzene ring substituents is 2. The molecule has 0 amide bonds. The van der Waals surface area contributed by atoms with E-state index in [0.29, 0.717) is 6.42 Å². The largest absolute Gasteiger partial charge is 0.459 e. The number of hydrogen-bond donors (Lipinski definition) is 0. The molecule has 0 saturated heterocycles. The van der Waals surface area contributed by atoms with Crippen LogP contribution in [0.4, 0.5) is 11.4 Å². The number of esters is 1. The highest BCUT2D eigenvalue weighted by atomic mass is 16.6. The van der Waals surface area contributed by atoms with Gasteiger partial charge in [-0.05, 0) is 19.8 Å². The lowest BCUT2D eigenvalue weighted by Gasteiger charge is -2.13. The summed E-state index contributed by atoms with van der Waals surface area (Å²) in [6.07, 6.45) is 18.2. The third-order valence-electron chi connectivity index (χ3n) is 5.83. The lowest BCUT2D eigenvalue weighted by atomic mass is 10.0. The molecule has 0 aliphatic heterocycles. The van der Waals surface area contributed by atoms with Gasteiger partial charge in [-0.1, -0.05) is 90.4 Å². The number of nitro groups is 2. The van der Waals surface area contributed by atoms with Gasteiger partial charge in [-0.2, -0.15) is 0 Å². The highest BCUT2D eigenvalue weighted by Gasteiger charge is 2.21. The molecule has 0 aliphatic carbocycles. The predicted octanol–water partition coefficient (Wildman–Crippen LogP) is 7.92. The Balaban J connectivity index is 2.15. The number of carbonyl (C=O) groups is 1. The van der Waals surface area contributed by atoms with Gasteiger partial charge in [0.2, 0.25) is 0 Å². The molecule has 0 N–H and O–H groups in total. The van der Waals surface area contributed by atoms with E-state index in [1.54, 1.807) is 6.92 Å². The van der Waals surface area contributed by atoms with Crippen molar-refractivity contribution in [2.24, 2.45) is 0 Å². The average Bonchev–Trinajstić information content (AvgIpc) is 2.78. The SMILES string of the molecule is CCCCCCCCCCCCCCCC[C@H](C)OC(=O)c1cc([N+](=O)[O-])cc([N+](=O)[O-])c1. The number of ether oxygens (including phenoxy) is 1. The van der Waals surface area contributed by atoms with Gasteiger partial charge in [0.05, 0.1) is 27.6 Å². The first kappa shape index (κ1) is 28.5. The summed E-state index contributed by atoms with van der Waals surface area (Å²) in [5.74, 6) is -0.778. The van der Waals surface area contributed by atoms with Crippen LogP contribution in [-0.4, -0.2) is 21.9 Å². The Morgan fingerprint density at radius 3 is 1.55 bits per heavy atom. The molecule has 1 atom stereocenters. The van der Waals surface area contributed by atoms with Crippen LogP contribution in [-0.2, 0) is 4.74 Å². The normalized spacial score (nSPS) is 11.8. The van der Waals surface area contributed by atoms with Crippen LogP contribution < -0.4 is 0 Å². The molecular formula is C25H40N2O6. The van der Waals surface area contributed by atoms with Crippen molar-refractivity contribution in [2.75, 3.05) is 0 Å². The number of benzene rings is 1. The first-order valence-electron chi connectivity index (χ1n) is 12.5. The maximum atomic E-state index is 12.3. The molecule has 0 aliphatic rings. The van der Waals surface area contributed by atoms with E-state index < -0.39 is 27.2 Å². The molecule has 33 heavy (non-hydrogen) atoms. The summed E-state index contributed by atoms with van der Waals surface area (Å²) in [5, 5.41) is 21.9. The molecule has 0 spiro atoms. The van der Waals surface area contributed by atoms with Crippen molar-refractivity contribution < 1.29 is 19.4 Å². The Kier molecular flexibility index (Phi) is 14.7. The zero-order chi connectivity index (χ0) is 24.5. The van der Waals surface area contributed by atoms with Crippen molar-refractivity contribution in [3.05, 3.63) is 44.0 Å². The van der Waals surface area contributed by atoms with Crippen LogP contribution in [0.15, 0.2) is 18.2 Å². The van der Waals surface area contributed by atoms with E-state index in [9.17, 15) is 25.0 Å². The summed E-state index contributed by atoms with van der Waals surface area (Å²) in [7, 11) is 0. The second-order valence-electron chi connectivity index (χ2n) is 8.85.